The van der Waals surface area contributed by atoms with Crippen LogP contribution in [-0.4, -0.2) is 39.2 Å². The minimum absolute atomic E-state index is 0.126. The molecule has 0 unspecified atom stereocenters. The van der Waals surface area contributed by atoms with Crippen molar-refractivity contribution in [3.05, 3.63) is 66.7 Å². The van der Waals surface area contributed by atoms with Crippen molar-refractivity contribution >= 4 is 50.9 Å². The van der Waals surface area contributed by atoms with Gasteiger partial charge in [0.1, 0.15) is 18.9 Å². The van der Waals surface area contributed by atoms with Crippen molar-refractivity contribution in [2.45, 2.75) is 5.16 Å². The van der Waals surface area contributed by atoms with E-state index in [4.69, 9.17) is 19.4 Å². The predicted octanol–water partition coefficient (Wildman–Crippen LogP) is 4.54. The van der Waals surface area contributed by atoms with Crippen molar-refractivity contribution in [2.24, 2.45) is 0 Å². The topological polar surface area (TPSA) is 77.8 Å². The van der Waals surface area contributed by atoms with E-state index in [9.17, 15) is 4.79 Å². The number of carbonyl (C=O) groups excluding carboxylic acids is 1. The van der Waals surface area contributed by atoms with Crippen molar-refractivity contribution in [3.8, 4) is 11.5 Å². The minimum Gasteiger partial charge on any atom is -0.486 e. The quantitative estimate of drug-likeness (QED) is 0.325. The molecule has 3 heterocycles. The number of nitrogens with zero attached hydrogens (tertiary/aromatic N) is 3. The number of fused-ring (bicyclic) bond motifs is 6. The van der Waals surface area contributed by atoms with Crippen molar-refractivity contribution < 1.29 is 14.3 Å². The molecule has 7 nitrogen and oxygen atoms in total. The molecule has 0 fully saturated rings. The fourth-order valence-electron chi connectivity index (χ4n) is 3.86. The highest BCUT2D eigenvalue weighted by molar-refractivity contribution is 7.99. The lowest BCUT2D eigenvalue weighted by Gasteiger charge is -2.19. The molecule has 3 aromatic carbocycles. The third-order valence-electron chi connectivity index (χ3n) is 5.27. The number of para-hydroxylation sites is 3. The molecule has 1 amide bonds. The summed E-state index contributed by atoms with van der Waals surface area (Å²) in [7, 11) is 0. The molecule has 32 heavy (non-hydrogen) atoms. The maximum absolute atomic E-state index is 12.7. The monoisotopic (exact) mass is 442 g/mol. The molecule has 0 aliphatic carbocycles. The molecule has 0 spiro atoms. The third kappa shape index (κ3) is 3.29. The van der Waals surface area contributed by atoms with E-state index in [2.05, 4.69) is 5.32 Å². The number of anilines is 1. The number of imidazole rings is 1. The maximum Gasteiger partial charge on any atom is 0.234 e. The second kappa shape index (κ2) is 7.72. The number of benzene rings is 3. The summed E-state index contributed by atoms with van der Waals surface area (Å²) in [6.45, 7) is 1.04. The Bertz CT molecular complexity index is 1500. The average Bonchev–Trinajstić information content (AvgIpc) is 3.23. The van der Waals surface area contributed by atoms with E-state index in [1.165, 1.54) is 11.8 Å². The van der Waals surface area contributed by atoms with Crippen LogP contribution in [0.1, 0.15) is 0 Å². The lowest BCUT2D eigenvalue weighted by Crippen LogP contribution is -2.17. The van der Waals surface area contributed by atoms with Crippen molar-refractivity contribution in [1.29, 1.82) is 0 Å². The summed E-state index contributed by atoms with van der Waals surface area (Å²) in [6, 6.07) is 21.3. The zero-order chi connectivity index (χ0) is 21.5. The zero-order valence-corrected chi connectivity index (χ0v) is 17.8. The van der Waals surface area contributed by atoms with Crippen LogP contribution in [0.15, 0.2) is 71.9 Å². The van der Waals surface area contributed by atoms with Gasteiger partial charge in [0.05, 0.1) is 22.3 Å². The van der Waals surface area contributed by atoms with Gasteiger partial charge in [-0.05, 0) is 36.4 Å². The molecule has 2 aromatic heterocycles. The van der Waals surface area contributed by atoms with Crippen LogP contribution >= 0.6 is 11.8 Å². The first kappa shape index (κ1) is 18.9. The van der Waals surface area contributed by atoms with Crippen LogP contribution in [0.25, 0.3) is 27.6 Å². The molecule has 8 heteroatoms. The standard InChI is InChI=1S/C24H18N4O3S/c29-22(25-15-9-10-20-21(13-15)31-12-11-30-20)14-32-24-27-17-6-2-1-5-16(17)23-26-18-7-3-4-8-19(18)28(23)24/h1-10,13H,11-12,14H2,(H,25,29). The Morgan fingerprint density at radius 1 is 0.938 bits per heavy atom. The third-order valence-corrected chi connectivity index (χ3v) is 6.21. The molecule has 0 saturated carbocycles. The van der Waals surface area contributed by atoms with Gasteiger partial charge < -0.3 is 14.8 Å². The van der Waals surface area contributed by atoms with Gasteiger partial charge in [0.2, 0.25) is 5.91 Å². The van der Waals surface area contributed by atoms with Crippen LogP contribution < -0.4 is 14.8 Å². The zero-order valence-electron chi connectivity index (χ0n) is 16.9. The van der Waals surface area contributed by atoms with Gasteiger partial charge in [-0.1, -0.05) is 36.0 Å². The Morgan fingerprint density at radius 2 is 1.72 bits per heavy atom. The molecule has 6 rings (SSSR count). The summed E-state index contributed by atoms with van der Waals surface area (Å²) in [6.07, 6.45) is 0. The lowest BCUT2D eigenvalue weighted by atomic mass is 10.2. The first-order chi connectivity index (χ1) is 15.8. The van der Waals surface area contributed by atoms with E-state index in [-0.39, 0.29) is 11.7 Å². The highest BCUT2D eigenvalue weighted by atomic mass is 32.2. The number of carbonyl (C=O) groups is 1. The Labute approximate surface area is 187 Å². The highest BCUT2D eigenvalue weighted by Gasteiger charge is 2.16. The van der Waals surface area contributed by atoms with Gasteiger partial charge in [-0.2, -0.15) is 0 Å². The number of rotatable bonds is 4. The van der Waals surface area contributed by atoms with Crippen LogP contribution in [0.5, 0.6) is 11.5 Å². The summed E-state index contributed by atoms with van der Waals surface area (Å²) < 4.78 is 13.2. The van der Waals surface area contributed by atoms with E-state index in [1.54, 1.807) is 6.07 Å². The van der Waals surface area contributed by atoms with Crippen molar-refractivity contribution in [3.63, 3.8) is 0 Å². The molecule has 1 aliphatic rings. The Morgan fingerprint density at radius 3 is 2.62 bits per heavy atom. The van der Waals surface area contributed by atoms with Crippen LogP contribution in [0.2, 0.25) is 0 Å². The molecule has 0 atom stereocenters. The Balaban J connectivity index is 1.30. The molecule has 1 aliphatic heterocycles. The Kier molecular flexibility index (Phi) is 4.57. The number of ether oxygens (including phenoxy) is 2. The number of thioether (sulfide) groups is 1. The van der Waals surface area contributed by atoms with E-state index in [0.717, 1.165) is 32.7 Å². The maximum atomic E-state index is 12.7. The smallest absolute Gasteiger partial charge is 0.234 e. The summed E-state index contributed by atoms with van der Waals surface area (Å²) in [5.74, 6) is 1.42. The highest BCUT2D eigenvalue weighted by Crippen LogP contribution is 2.33. The van der Waals surface area contributed by atoms with Crippen molar-refractivity contribution in [2.75, 3.05) is 24.3 Å². The number of amides is 1. The molecule has 5 aromatic rings. The summed E-state index contributed by atoms with van der Waals surface area (Å²) >= 11 is 1.38. The fourth-order valence-corrected chi connectivity index (χ4v) is 4.67. The summed E-state index contributed by atoms with van der Waals surface area (Å²) in [5.41, 5.74) is 4.23. The number of hydrogen-bond donors (Lipinski definition) is 1. The van der Waals surface area contributed by atoms with E-state index in [1.807, 2.05) is 65.1 Å². The molecule has 0 saturated heterocycles. The van der Waals surface area contributed by atoms with Crippen LogP contribution in [0, 0.1) is 0 Å². The van der Waals surface area contributed by atoms with E-state index in [0.29, 0.717) is 30.4 Å². The lowest BCUT2D eigenvalue weighted by molar-refractivity contribution is -0.113. The van der Waals surface area contributed by atoms with Gasteiger partial charge in [0.25, 0.3) is 0 Å². The predicted molar refractivity (Wildman–Crippen MR) is 125 cm³/mol. The van der Waals surface area contributed by atoms with Crippen molar-refractivity contribution in [1.82, 2.24) is 14.4 Å². The SMILES string of the molecule is O=C(CSc1nc2ccccc2c2nc3ccccc3n12)Nc1ccc2c(c1)OCCO2. The first-order valence-corrected chi connectivity index (χ1v) is 11.2. The molecule has 158 valence electrons. The molecular formula is C24H18N4O3S. The van der Waals surface area contributed by atoms with Crippen LogP contribution in [0.3, 0.4) is 0 Å². The van der Waals surface area contributed by atoms with Gasteiger partial charge in [0, 0.05) is 17.1 Å². The summed E-state index contributed by atoms with van der Waals surface area (Å²) in [5, 5.41) is 4.64. The molecule has 1 N–H and O–H groups in total. The number of hydrogen-bond acceptors (Lipinski definition) is 6. The molecular weight excluding hydrogens is 424 g/mol. The van der Waals surface area contributed by atoms with Crippen LogP contribution in [0.4, 0.5) is 5.69 Å². The normalized spacial score (nSPS) is 13.0. The van der Waals surface area contributed by atoms with E-state index < -0.39 is 0 Å². The first-order valence-electron chi connectivity index (χ1n) is 10.2. The van der Waals surface area contributed by atoms with Gasteiger partial charge in [0.15, 0.2) is 16.7 Å². The Hall–Kier alpha value is -3.78. The minimum atomic E-state index is -0.126. The van der Waals surface area contributed by atoms with Gasteiger partial charge >= 0.3 is 0 Å². The van der Waals surface area contributed by atoms with Gasteiger partial charge in [-0.3, -0.25) is 9.20 Å². The average molecular weight is 443 g/mol. The summed E-state index contributed by atoms with van der Waals surface area (Å²) in [4.78, 5) is 22.4. The van der Waals surface area contributed by atoms with Gasteiger partial charge in [-0.15, -0.1) is 0 Å². The van der Waals surface area contributed by atoms with E-state index >= 15 is 0 Å². The van der Waals surface area contributed by atoms with Crippen LogP contribution in [-0.2, 0) is 4.79 Å². The largest absolute Gasteiger partial charge is 0.486 e. The fraction of sp³-hybridized carbons (Fsp3) is 0.125. The number of nitrogens with one attached hydrogen (secondary N) is 1. The molecule has 0 radical (unpaired) electrons. The second-order valence-electron chi connectivity index (χ2n) is 7.37. The number of aromatic nitrogens is 3. The van der Waals surface area contributed by atoms with Gasteiger partial charge in [-0.25, -0.2) is 9.97 Å². The second-order valence-corrected chi connectivity index (χ2v) is 8.31. The molecule has 0 bridgehead atoms.